The van der Waals surface area contributed by atoms with Gasteiger partial charge >= 0.3 is 5.97 Å². The number of fused-ring (bicyclic) bond motifs is 1. The van der Waals surface area contributed by atoms with Gasteiger partial charge in [-0.1, -0.05) is 30.3 Å². The summed E-state index contributed by atoms with van der Waals surface area (Å²) >= 11 is 0. The lowest BCUT2D eigenvalue weighted by Gasteiger charge is -2.14. The minimum Gasteiger partial charge on any atom is -0.481 e. The first-order chi connectivity index (χ1) is 11.6. The van der Waals surface area contributed by atoms with E-state index < -0.39 is 11.9 Å². The molecule has 0 bridgehead atoms. The van der Waals surface area contributed by atoms with Gasteiger partial charge in [0.05, 0.1) is 5.92 Å². The number of carboxylic acid groups (broad SMARTS) is 1. The standard InChI is InChI=1S/C18H21N3O3/c22-17(16-14-8-4-5-9-15(14)20-21-16)19-11-13(18(23)24)10-12-6-2-1-3-7-12/h1-3,6-7,13H,4-5,8-11H2,(H,19,22)(H,20,21)(H,23,24)/t13-/m0/s1. The molecule has 2 aromatic rings. The maximum Gasteiger partial charge on any atom is 0.308 e. The molecular formula is C18H21N3O3. The highest BCUT2D eigenvalue weighted by Crippen LogP contribution is 2.22. The van der Waals surface area contributed by atoms with Crippen LogP contribution in [0.4, 0.5) is 0 Å². The molecule has 6 nitrogen and oxygen atoms in total. The van der Waals surface area contributed by atoms with E-state index in [4.69, 9.17) is 0 Å². The average molecular weight is 327 g/mol. The van der Waals surface area contributed by atoms with E-state index in [0.29, 0.717) is 12.1 Å². The first kappa shape index (κ1) is 16.2. The van der Waals surface area contributed by atoms with Gasteiger partial charge in [-0.15, -0.1) is 0 Å². The molecule has 0 saturated heterocycles. The number of H-pyrrole nitrogens is 1. The summed E-state index contributed by atoms with van der Waals surface area (Å²) in [6.07, 6.45) is 4.31. The predicted molar refractivity (Wildman–Crippen MR) is 88.8 cm³/mol. The Bertz CT molecular complexity index is 724. The second-order valence-corrected chi connectivity index (χ2v) is 6.17. The number of amides is 1. The monoisotopic (exact) mass is 327 g/mol. The smallest absolute Gasteiger partial charge is 0.308 e. The zero-order valence-corrected chi connectivity index (χ0v) is 13.4. The van der Waals surface area contributed by atoms with E-state index in [0.717, 1.165) is 42.5 Å². The number of hydrogen-bond acceptors (Lipinski definition) is 3. The molecule has 0 aliphatic heterocycles. The van der Waals surface area contributed by atoms with E-state index in [2.05, 4.69) is 15.5 Å². The van der Waals surface area contributed by atoms with Crippen LogP contribution in [0.3, 0.4) is 0 Å². The second-order valence-electron chi connectivity index (χ2n) is 6.17. The quantitative estimate of drug-likeness (QED) is 0.756. The summed E-state index contributed by atoms with van der Waals surface area (Å²) in [6, 6.07) is 9.43. The highest BCUT2D eigenvalue weighted by molar-refractivity contribution is 5.94. The van der Waals surface area contributed by atoms with Crippen LogP contribution in [0.2, 0.25) is 0 Å². The number of aromatic amines is 1. The fourth-order valence-corrected chi connectivity index (χ4v) is 3.11. The number of benzene rings is 1. The Hall–Kier alpha value is -2.63. The molecule has 0 radical (unpaired) electrons. The predicted octanol–water partition coefficient (Wildman–Crippen LogP) is 1.96. The lowest BCUT2D eigenvalue weighted by atomic mass is 9.95. The molecule has 0 saturated carbocycles. The molecule has 1 aliphatic carbocycles. The molecule has 0 spiro atoms. The average Bonchev–Trinajstić information content (AvgIpc) is 3.03. The Labute approximate surface area is 140 Å². The second kappa shape index (κ2) is 7.29. The zero-order valence-electron chi connectivity index (χ0n) is 13.4. The Morgan fingerprint density at radius 2 is 1.96 bits per heavy atom. The Kier molecular flexibility index (Phi) is 4.93. The van der Waals surface area contributed by atoms with Crippen LogP contribution in [0.15, 0.2) is 30.3 Å². The van der Waals surface area contributed by atoms with E-state index in [1.165, 1.54) is 0 Å². The topological polar surface area (TPSA) is 95.1 Å². The first-order valence-corrected chi connectivity index (χ1v) is 8.26. The van der Waals surface area contributed by atoms with E-state index in [9.17, 15) is 14.7 Å². The van der Waals surface area contributed by atoms with Crippen LogP contribution in [0.5, 0.6) is 0 Å². The highest BCUT2D eigenvalue weighted by atomic mass is 16.4. The maximum absolute atomic E-state index is 12.4. The number of aliphatic carboxylic acids is 1. The van der Waals surface area contributed by atoms with E-state index in [1.807, 2.05) is 30.3 Å². The minimum absolute atomic E-state index is 0.0880. The third-order valence-electron chi connectivity index (χ3n) is 4.45. The third-order valence-corrected chi connectivity index (χ3v) is 4.45. The van der Waals surface area contributed by atoms with Gasteiger partial charge in [-0.2, -0.15) is 5.10 Å². The molecule has 3 N–H and O–H groups in total. The normalized spacial score (nSPS) is 14.7. The summed E-state index contributed by atoms with van der Waals surface area (Å²) in [5, 5.41) is 19.2. The van der Waals surface area contributed by atoms with Crippen LogP contribution in [0.25, 0.3) is 0 Å². The van der Waals surface area contributed by atoms with Gasteiger partial charge in [0, 0.05) is 17.8 Å². The minimum atomic E-state index is -0.914. The van der Waals surface area contributed by atoms with Gasteiger partial charge in [0.1, 0.15) is 0 Å². The number of carbonyl (C=O) groups excluding carboxylic acids is 1. The fraction of sp³-hybridized carbons (Fsp3) is 0.389. The zero-order chi connectivity index (χ0) is 16.9. The summed E-state index contributed by atoms with van der Waals surface area (Å²) in [5.41, 5.74) is 3.36. The molecule has 0 unspecified atom stereocenters. The maximum atomic E-state index is 12.4. The van der Waals surface area contributed by atoms with Crippen LogP contribution in [0.1, 0.15) is 40.2 Å². The van der Waals surface area contributed by atoms with Crippen LogP contribution in [-0.2, 0) is 24.1 Å². The molecule has 1 heterocycles. The molecule has 6 heteroatoms. The SMILES string of the molecule is O=C(NC[C@H](Cc1ccccc1)C(=O)O)c1n[nH]c2c1CCCC2. The van der Waals surface area contributed by atoms with Crippen LogP contribution >= 0.6 is 0 Å². The molecule has 24 heavy (non-hydrogen) atoms. The van der Waals surface area contributed by atoms with Crippen molar-refractivity contribution in [1.29, 1.82) is 0 Å². The van der Waals surface area contributed by atoms with E-state index >= 15 is 0 Å². The Balaban J connectivity index is 1.63. The molecule has 1 atom stereocenters. The molecular weight excluding hydrogens is 306 g/mol. The molecule has 1 aromatic heterocycles. The number of hydrogen-bond donors (Lipinski definition) is 3. The third kappa shape index (κ3) is 3.64. The summed E-state index contributed by atoms with van der Waals surface area (Å²) < 4.78 is 0. The number of carboxylic acids is 1. The molecule has 1 amide bonds. The van der Waals surface area contributed by atoms with Gasteiger partial charge in [0.2, 0.25) is 0 Å². The lowest BCUT2D eigenvalue weighted by molar-refractivity contribution is -0.141. The molecule has 3 rings (SSSR count). The van der Waals surface area contributed by atoms with Crippen molar-refractivity contribution in [3.8, 4) is 0 Å². The summed E-state index contributed by atoms with van der Waals surface area (Å²) in [6.45, 7) is 0.0880. The fourth-order valence-electron chi connectivity index (χ4n) is 3.11. The summed E-state index contributed by atoms with van der Waals surface area (Å²) in [7, 11) is 0. The van der Waals surface area contributed by atoms with Gasteiger partial charge in [0.25, 0.3) is 5.91 Å². The molecule has 126 valence electrons. The Morgan fingerprint density at radius 3 is 2.71 bits per heavy atom. The molecule has 0 fully saturated rings. The largest absolute Gasteiger partial charge is 0.481 e. The van der Waals surface area contributed by atoms with Crippen LogP contribution in [-0.4, -0.2) is 33.7 Å². The van der Waals surface area contributed by atoms with Crippen molar-refractivity contribution in [3.63, 3.8) is 0 Å². The summed E-state index contributed by atoms with van der Waals surface area (Å²) in [4.78, 5) is 23.8. The van der Waals surface area contributed by atoms with Crippen molar-refractivity contribution in [1.82, 2.24) is 15.5 Å². The molecule has 1 aromatic carbocycles. The number of carbonyl (C=O) groups is 2. The van der Waals surface area contributed by atoms with Crippen LogP contribution < -0.4 is 5.32 Å². The first-order valence-electron chi connectivity index (χ1n) is 8.26. The summed E-state index contributed by atoms with van der Waals surface area (Å²) in [5.74, 6) is -1.87. The van der Waals surface area contributed by atoms with Crippen molar-refractivity contribution in [2.24, 2.45) is 5.92 Å². The number of nitrogens with one attached hydrogen (secondary N) is 2. The van der Waals surface area contributed by atoms with Gasteiger partial charge in [-0.3, -0.25) is 14.7 Å². The number of aromatic nitrogens is 2. The van der Waals surface area contributed by atoms with Gasteiger partial charge in [-0.05, 0) is 37.7 Å². The van der Waals surface area contributed by atoms with Gasteiger partial charge in [-0.25, -0.2) is 0 Å². The van der Waals surface area contributed by atoms with Crippen molar-refractivity contribution in [2.45, 2.75) is 32.1 Å². The van der Waals surface area contributed by atoms with Crippen molar-refractivity contribution in [2.75, 3.05) is 6.54 Å². The number of aryl methyl sites for hydroxylation is 1. The van der Waals surface area contributed by atoms with E-state index in [-0.39, 0.29) is 12.5 Å². The van der Waals surface area contributed by atoms with Crippen molar-refractivity contribution in [3.05, 3.63) is 52.8 Å². The van der Waals surface area contributed by atoms with E-state index in [1.54, 1.807) is 0 Å². The van der Waals surface area contributed by atoms with Gasteiger partial charge < -0.3 is 10.4 Å². The van der Waals surface area contributed by atoms with Crippen LogP contribution in [0, 0.1) is 5.92 Å². The Morgan fingerprint density at radius 1 is 1.21 bits per heavy atom. The number of rotatable bonds is 6. The van der Waals surface area contributed by atoms with Gasteiger partial charge in [0.15, 0.2) is 5.69 Å². The van der Waals surface area contributed by atoms with Crippen molar-refractivity contribution < 1.29 is 14.7 Å². The van der Waals surface area contributed by atoms with Crippen molar-refractivity contribution >= 4 is 11.9 Å². The number of nitrogens with zero attached hydrogens (tertiary/aromatic N) is 1. The lowest BCUT2D eigenvalue weighted by Crippen LogP contribution is -2.34. The highest BCUT2D eigenvalue weighted by Gasteiger charge is 2.24. The molecule has 1 aliphatic rings.